The molecule has 3 nitrogen and oxygen atoms in total. The maximum Gasteiger partial charge on any atom is 0.0759 e. The first-order valence-corrected chi connectivity index (χ1v) is 5.37. The van der Waals surface area contributed by atoms with Crippen molar-refractivity contribution in [3.8, 4) is 0 Å². The quantitative estimate of drug-likeness (QED) is 0.844. The van der Waals surface area contributed by atoms with E-state index in [0.717, 1.165) is 12.1 Å². The molecule has 1 aromatic heterocycles. The Morgan fingerprint density at radius 3 is 2.62 bits per heavy atom. The molecule has 2 rings (SSSR count). The minimum absolute atomic E-state index is 0.219. The molecule has 1 atom stereocenters. The Labute approximate surface area is 95.6 Å². The lowest BCUT2D eigenvalue weighted by molar-refractivity contribution is 0.573. The summed E-state index contributed by atoms with van der Waals surface area (Å²) in [5.74, 6) is 0. The van der Waals surface area contributed by atoms with Crippen molar-refractivity contribution in [2.24, 2.45) is 0 Å². The normalized spacial score (nSPS) is 12.3. The summed E-state index contributed by atoms with van der Waals surface area (Å²) >= 11 is 0. The molecule has 0 saturated heterocycles. The standard InChI is InChI=1S/C13H15N3/c1-14-12(13-10-15-7-8-16-13)9-11-5-3-2-4-6-11/h2-8,10,12,14H,9H2,1H3. The maximum atomic E-state index is 4.32. The van der Waals surface area contributed by atoms with Crippen LogP contribution in [0.4, 0.5) is 0 Å². The van der Waals surface area contributed by atoms with Gasteiger partial charge < -0.3 is 5.32 Å². The van der Waals surface area contributed by atoms with Gasteiger partial charge in [-0.25, -0.2) is 0 Å². The van der Waals surface area contributed by atoms with Crippen LogP contribution in [0, 0.1) is 0 Å². The number of hydrogen-bond acceptors (Lipinski definition) is 3. The zero-order valence-electron chi connectivity index (χ0n) is 9.30. The van der Waals surface area contributed by atoms with Crippen LogP contribution < -0.4 is 5.32 Å². The summed E-state index contributed by atoms with van der Waals surface area (Å²) in [6, 6.07) is 10.6. The van der Waals surface area contributed by atoms with Gasteiger partial charge in [0.15, 0.2) is 0 Å². The van der Waals surface area contributed by atoms with Crippen LogP contribution in [-0.4, -0.2) is 17.0 Å². The second kappa shape index (κ2) is 5.37. The van der Waals surface area contributed by atoms with Gasteiger partial charge in [-0.15, -0.1) is 0 Å². The average molecular weight is 213 g/mol. The zero-order chi connectivity index (χ0) is 11.2. The molecule has 0 aliphatic rings. The molecule has 0 aliphatic heterocycles. The molecule has 3 heteroatoms. The first-order valence-electron chi connectivity index (χ1n) is 5.37. The van der Waals surface area contributed by atoms with Crippen LogP contribution >= 0.6 is 0 Å². The molecule has 0 aliphatic carbocycles. The van der Waals surface area contributed by atoms with Crippen LogP contribution in [0.15, 0.2) is 48.9 Å². The fourth-order valence-electron chi connectivity index (χ4n) is 1.69. The van der Waals surface area contributed by atoms with Crippen LogP contribution in [0.3, 0.4) is 0 Å². The van der Waals surface area contributed by atoms with E-state index in [1.807, 2.05) is 19.3 Å². The van der Waals surface area contributed by atoms with E-state index in [9.17, 15) is 0 Å². The molecule has 2 aromatic rings. The third-order valence-corrected chi connectivity index (χ3v) is 2.57. The lowest BCUT2D eigenvalue weighted by Crippen LogP contribution is -2.20. The second-order valence-corrected chi connectivity index (χ2v) is 3.66. The summed E-state index contributed by atoms with van der Waals surface area (Å²) in [4.78, 5) is 8.41. The summed E-state index contributed by atoms with van der Waals surface area (Å²) < 4.78 is 0. The molecule has 1 N–H and O–H groups in total. The summed E-state index contributed by atoms with van der Waals surface area (Å²) in [5, 5.41) is 3.26. The molecule has 1 heterocycles. The number of nitrogens with one attached hydrogen (secondary N) is 1. The molecule has 82 valence electrons. The molecule has 16 heavy (non-hydrogen) atoms. The Morgan fingerprint density at radius 2 is 2.00 bits per heavy atom. The number of hydrogen-bond donors (Lipinski definition) is 1. The highest BCUT2D eigenvalue weighted by molar-refractivity contribution is 5.18. The van der Waals surface area contributed by atoms with Crippen molar-refractivity contribution >= 4 is 0 Å². The zero-order valence-corrected chi connectivity index (χ0v) is 9.30. The van der Waals surface area contributed by atoms with Crippen LogP contribution in [0.25, 0.3) is 0 Å². The SMILES string of the molecule is CNC(Cc1ccccc1)c1cnccn1. The summed E-state index contributed by atoms with van der Waals surface area (Å²) in [7, 11) is 1.95. The summed E-state index contributed by atoms with van der Waals surface area (Å²) in [6.45, 7) is 0. The van der Waals surface area contributed by atoms with E-state index in [4.69, 9.17) is 0 Å². The highest BCUT2D eigenvalue weighted by Crippen LogP contribution is 2.14. The van der Waals surface area contributed by atoms with Crippen molar-refractivity contribution in [3.63, 3.8) is 0 Å². The number of nitrogens with zero attached hydrogens (tertiary/aromatic N) is 2. The maximum absolute atomic E-state index is 4.32. The van der Waals surface area contributed by atoms with Gasteiger partial charge in [0, 0.05) is 18.6 Å². The summed E-state index contributed by atoms with van der Waals surface area (Å²) in [5.41, 5.74) is 2.28. The fourth-order valence-corrected chi connectivity index (χ4v) is 1.69. The van der Waals surface area contributed by atoms with Gasteiger partial charge in [0.2, 0.25) is 0 Å². The van der Waals surface area contributed by atoms with Crippen molar-refractivity contribution in [3.05, 3.63) is 60.2 Å². The predicted octanol–water partition coefficient (Wildman–Crippen LogP) is 1.98. The minimum atomic E-state index is 0.219. The highest BCUT2D eigenvalue weighted by atomic mass is 14.9. The smallest absolute Gasteiger partial charge is 0.0759 e. The Morgan fingerprint density at radius 1 is 1.19 bits per heavy atom. The Bertz CT molecular complexity index is 414. The van der Waals surface area contributed by atoms with E-state index in [0.29, 0.717) is 0 Å². The lowest BCUT2D eigenvalue weighted by Gasteiger charge is -2.14. The van der Waals surface area contributed by atoms with Gasteiger partial charge in [0.05, 0.1) is 11.7 Å². The van der Waals surface area contributed by atoms with Crippen molar-refractivity contribution < 1.29 is 0 Å². The largest absolute Gasteiger partial charge is 0.311 e. The first-order chi connectivity index (χ1) is 7.90. The molecular formula is C13H15N3. The Kier molecular flexibility index (Phi) is 3.62. The minimum Gasteiger partial charge on any atom is -0.311 e. The van der Waals surface area contributed by atoms with Crippen LogP contribution in [0.2, 0.25) is 0 Å². The van der Waals surface area contributed by atoms with E-state index < -0.39 is 0 Å². The molecule has 0 saturated carbocycles. The number of likely N-dealkylation sites (N-methyl/N-ethyl adjacent to an activating group) is 1. The molecule has 0 radical (unpaired) electrons. The average Bonchev–Trinajstić information content (AvgIpc) is 2.38. The molecule has 0 spiro atoms. The van der Waals surface area contributed by atoms with Gasteiger partial charge in [0.25, 0.3) is 0 Å². The monoisotopic (exact) mass is 213 g/mol. The van der Waals surface area contributed by atoms with Crippen LogP contribution in [0.5, 0.6) is 0 Å². The van der Waals surface area contributed by atoms with Gasteiger partial charge in [-0.3, -0.25) is 9.97 Å². The molecule has 1 aromatic carbocycles. The first kappa shape index (κ1) is 10.8. The Balaban J connectivity index is 2.13. The van der Waals surface area contributed by atoms with Gasteiger partial charge >= 0.3 is 0 Å². The second-order valence-electron chi connectivity index (χ2n) is 3.66. The highest BCUT2D eigenvalue weighted by Gasteiger charge is 2.10. The lowest BCUT2D eigenvalue weighted by atomic mass is 10.0. The molecule has 0 fully saturated rings. The number of rotatable bonds is 4. The van der Waals surface area contributed by atoms with Crippen molar-refractivity contribution in [1.82, 2.24) is 15.3 Å². The van der Waals surface area contributed by atoms with E-state index in [1.165, 1.54) is 5.56 Å². The van der Waals surface area contributed by atoms with Crippen molar-refractivity contribution in [2.45, 2.75) is 12.5 Å². The molecule has 0 amide bonds. The van der Waals surface area contributed by atoms with Crippen LogP contribution in [0.1, 0.15) is 17.3 Å². The van der Waals surface area contributed by atoms with Crippen LogP contribution in [-0.2, 0) is 6.42 Å². The molecule has 1 unspecified atom stereocenters. The van der Waals surface area contributed by atoms with E-state index in [2.05, 4.69) is 39.6 Å². The van der Waals surface area contributed by atoms with Gasteiger partial charge in [-0.1, -0.05) is 30.3 Å². The molecular weight excluding hydrogens is 198 g/mol. The van der Waals surface area contributed by atoms with Gasteiger partial charge in [-0.05, 0) is 19.0 Å². The van der Waals surface area contributed by atoms with E-state index in [-0.39, 0.29) is 6.04 Å². The van der Waals surface area contributed by atoms with Crippen molar-refractivity contribution in [1.29, 1.82) is 0 Å². The Hall–Kier alpha value is -1.74. The third kappa shape index (κ3) is 2.64. The predicted molar refractivity (Wildman–Crippen MR) is 64.0 cm³/mol. The number of benzene rings is 1. The summed E-state index contributed by atoms with van der Waals surface area (Å²) in [6.07, 6.45) is 6.16. The number of aromatic nitrogens is 2. The third-order valence-electron chi connectivity index (χ3n) is 2.57. The molecule has 0 bridgehead atoms. The topological polar surface area (TPSA) is 37.8 Å². The van der Waals surface area contributed by atoms with Gasteiger partial charge in [-0.2, -0.15) is 0 Å². The van der Waals surface area contributed by atoms with E-state index in [1.54, 1.807) is 12.4 Å². The van der Waals surface area contributed by atoms with E-state index >= 15 is 0 Å². The fraction of sp³-hybridized carbons (Fsp3) is 0.231. The van der Waals surface area contributed by atoms with Crippen molar-refractivity contribution in [2.75, 3.05) is 7.05 Å². The van der Waals surface area contributed by atoms with Gasteiger partial charge in [0.1, 0.15) is 0 Å².